The predicted molar refractivity (Wildman–Crippen MR) is 99.5 cm³/mol. The van der Waals surface area contributed by atoms with Gasteiger partial charge in [0.1, 0.15) is 5.69 Å². The van der Waals surface area contributed by atoms with Gasteiger partial charge in [0.05, 0.1) is 12.2 Å². The molecule has 1 N–H and O–H groups in total. The van der Waals surface area contributed by atoms with Crippen LogP contribution in [0.2, 0.25) is 0 Å². The molecular weight excluding hydrogens is 348 g/mol. The number of rotatable bonds is 6. The minimum absolute atomic E-state index is 0.205. The van der Waals surface area contributed by atoms with Gasteiger partial charge in [-0.15, -0.1) is 0 Å². The Hall–Kier alpha value is -3.09. The van der Waals surface area contributed by atoms with Gasteiger partial charge in [0.2, 0.25) is 6.10 Å². The van der Waals surface area contributed by atoms with E-state index in [0.717, 1.165) is 0 Å². The number of likely N-dealkylation sites (N-methyl/N-ethyl adjacent to an activating group) is 1. The maximum absolute atomic E-state index is 12.8. The lowest BCUT2D eigenvalue weighted by Crippen LogP contribution is -2.31. The lowest BCUT2D eigenvalue weighted by molar-refractivity contribution is -0.138. The zero-order valence-electron chi connectivity index (χ0n) is 16.2. The minimum atomic E-state index is -1.08. The van der Waals surface area contributed by atoms with E-state index in [-0.39, 0.29) is 23.8 Å². The molecule has 27 heavy (non-hydrogen) atoms. The molecule has 0 aliphatic rings. The van der Waals surface area contributed by atoms with Gasteiger partial charge in [0.25, 0.3) is 5.91 Å². The van der Waals surface area contributed by atoms with Crippen molar-refractivity contribution in [1.82, 2.24) is 9.88 Å². The first kappa shape index (κ1) is 20.2. The molecule has 144 valence electrons. The summed E-state index contributed by atoms with van der Waals surface area (Å²) in [6, 6.07) is 8.80. The molecule has 7 heteroatoms. The van der Waals surface area contributed by atoms with E-state index in [0.29, 0.717) is 16.8 Å². The van der Waals surface area contributed by atoms with Crippen LogP contribution in [0.3, 0.4) is 0 Å². The fourth-order valence-electron chi connectivity index (χ4n) is 2.75. The van der Waals surface area contributed by atoms with Crippen LogP contribution in [-0.2, 0) is 14.3 Å². The van der Waals surface area contributed by atoms with Crippen molar-refractivity contribution in [1.29, 1.82) is 0 Å². The van der Waals surface area contributed by atoms with E-state index in [1.807, 2.05) is 6.07 Å². The summed E-state index contributed by atoms with van der Waals surface area (Å²) in [4.78, 5) is 41.6. The van der Waals surface area contributed by atoms with Crippen LogP contribution in [0.4, 0.5) is 0 Å². The molecule has 0 unspecified atom stereocenters. The molecule has 1 atom stereocenters. The van der Waals surface area contributed by atoms with Crippen molar-refractivity contribution in [2.45, 2.75) is 26.9 Å². The van der Waals surface area contributed by atoms with E-state index in [1.54, 1.807) is 59.1 Å². The molecular formula is C20H24N2O5. The molecule has 0 aliphatic carbocycles. The van der Waals surface area contributed by atoms with Crippen molar-refractivity contribution in [3.8, 4) is 0 Å². The van der Waals surface area contributed by atoms with Crippen molar-refractivity contribution < 1.29 is 23.9 Å². The van der Waals surface area contributed by atoms with Gasteiger partial charge >= 0.3 is 11.9 Å². The first-order valence-corrected chi connectivity index (χ1v) is 8.61. The maximum atomic E-state index is 12.8. The van der Waals surface area contributed by atoms with Crippen molar-refractivity contribution in [3.05, 3.63) is 58.4 Å². The Labute approximate surface area is 158 Å². The van der Waals surface area contributed by atoms with Crippen LogP contribution in [0, 0.1) is 13.8 Å². The van der Waals surface area contributed by atoms with Crippen LogP contribution in [0.25, 0.3) is 0 Å². The SMILES string of the molecule is CCOC(=O)c1[nH]c(C)c(C(=O)O[C@@H](C(=O)N(C)C)c2ccccc2)c1C. The van der Waals surface area contributed by atoms with Gasteiger partial charge in [-0.2, -0.15) is 0 Å². The number of aromatic amines is 1. The lowest BCUT2D eigenvalue weighted by Gasteiger charge is -2.21. The van der Waals surface area contributed by atoms with E-state index in [9.17, 15) is 14.4 Å². The maximum Gasteiger partial charge on any atom is 0.355 e. The van der Waals surface area contributed by atoms with Crippen molar-refractivity contribution >= 4 is 17.8 Å². The Kier molecular flexibility index (Phi) is 6.39. The highest BCUT2D eigenvalue weighted by Gasteiger charge is 2.30. The number of carbonyl (C=O) groups excluding carboxylic acids is 3. The Morgan fingerprint density at radius 1 is 1.07 bits per heavy atom. The topological polar surface area (TPSA) is 88.7 Å². The molecule has 1 aromatic heterocycles. The van der Waals surface area contributed by atoms with Crippen LogP contribution in [-0.4, -0.2) is 48.4 Å². The number of benzene rings is 1. The van der Waals surface area contributed by atoms with Gasteiger partial charge < -0.3 is 19.4 Å². The standard InChI is InChI=1S/C20H24N2O5/c1-6-26-20(25)16-12(2)15(13(3)21-16)19(24)27-17(18(23)22(4)5)14-10-8-7-9-11-14/h7-11,17,21H,6H2,1-5H3/t17-/m1/s1. The number of esters is 2. The fraction of sp³-hybridized carbons (Fsp3) is 0.350. The highest BCUT2D eigenvalue weighted by molar-refractivity contribution is 5.99. The summed E-state index contributed by atoms with van der Waals surface area (Å²) in [6.45, 7) is 5.23. The van der Waals surface area contributed by atoms with Crippen LogP contribution >= 0.6 is 0 Å². The average molecular weight is 372 g/mol. The summed E-state index contributed by atoms with van der Waals surface area (Å²) in [5, 5.41) is 0. The van der Waals surface area contributed by atoms with Crippen LogP contribution in [0.1, 0.15) is 50.7 Å². The predicted octanol–water partition coefficient (Wildman–Crippen LogP) is 2.79. The zero-order valence-corrected chi connectivity index (χ0v) is 16.2. The molecule has 0 aliphatic heterocycles. The third-order valence-electron chi connectivity index (χ3n) is 4.11. The van der Waals surface area contributed by atoms with Gasteiger partial charge in [-0.25, -0.2) is 9.59 Å². The van der Waals surface area contributed by atoms with E-state index in [4.69, 9.17) is 9.47 Å². The van der Waals surface area contributed by atoms with E-state index < -0.39 is 18.0 Å². The number of H-pyrrole nitrogens is 1. The molecule has 0 radical (unpaired) electrons. The van der Waals surface area contributed by atoms with Gasteiger partial charge in [0, 0.05) is 25.4 Å². The van der Waals surface area contributed by atoms with Crippen LogP contribution < -0.4 is 0 Å². The Morgan fingerprint density at radius 3 is 2.26 bits per heavy atom. The summed E-state index contributed by atoms with van der Waals surface area (Å²) < 4.78 is 10.6. The van der Waals surface area contributed by atoms with Crippen molar-refractivity contribution in [3.63, 3.8) is 0 Å². The van der Waals surface area contributed by atoms with E-state index in [1.165, 1.54) is 4.90 Å². The highest BCUT2D eigenvalue weighted by atomic mass is 16.5. The molecule has 0 saturated carbocycles. The number of aromatic nitrogens is 1. The number of nitrogens with zero attached hydrogens (tertiary/aromatic N) is 1. The van der Waals surface area contributed by atoms with Gasteiger partial charge in [-0.3, -0.25) is 4.79 Å². The molecule has 0 saturated heterocycles. The van der Waals surface area contributed by atoms with Crippen LogP contribution in [0.15, 0.2) is 30.3 Å². The van der Waals surface area contributed by atoms with E-state index in [2.05, 4.69) is 4.98 Å². The number of nitrogens with one attached hydrogen (secondary N) is 1. The molecule has 1 heterocycles. The lowest BCUT2D eigenvalue weighted by atomic mass is 10.1. The third-order valence-corrected chi connectivity index (χ3v) is 4.11. The summed E-state index contributed by atoms with van der Waals surface area (Å²) in [5.74, 6) is -1.58. The summed E-state index contributed by atoms with van der Waals surface area (Å²) in [7, 11) is 3.19. The smallest absolute Gasteiger partial charge is 0.355 e. The van der Waals surface area contributed by atoms with E-state index >= 15 is 0 Å². The number of hydrogen-bond acceptors (Lipinski definition) is 5. The molecule has 7 nitrogen and oxygen atoms in total. The molecule has 0 spiro atoms. The molecule has 0 bridgehead atoms. The molecule has 2 rings (SSSR count). The number of aryl methyl sites for hydroxylation is 1. The second-order valence-electron chi connectivity index (χ2n) is 6.27. The quantitative estimate of drug-likeness (QED) is 0.788. The second-order valence-corrected chi connectivity index (χ2v) is 6.27. The molecule has 2 aromatic rings. The Bertz CT molecular complexity index is 840. The molecule has 1 aromatic carbocycles. The summed E-state index contributed by atoms with van der Waals surface area (Å²) in [6.07, 6.45) is -1.08. The Morgan fingerprint density at radius 2 is 1.70 bits per heavy atom. The summed E-state index contributed by atoms with van der Waals surface area (Å²) >= 11 is 0. The summed E-state index contributed by atoms with van der Waals surface area (Å²) in [5.41, 5.74) is 1.91. The highest BCUT2D eigenvalue weighted by Crippen LogP contribution is 2.25. The monoisotopic (exact) mass is 372 g/mol. The fourth-order valence-corrected chi connectivity index (χ4v) is 2.75. The van der Waals surface area contributed by atoms with Crippen molar-refractivity contribution in [2.75, 3.05) is 20.7 Å². The number of carbonyl (C=O) groups is 3. The first-order chi connectivity index (χ1) is 12.8. The Balaban J connectivity index is 2.36. The van der Waals surface area contributed by atoms with Crippen LogP contribution in [0.5, 0.6) is 0 Å². The minimum Gasteiger partial charge on any atom is -0.461 e. The largest absolute Gasteiger partial charge is 0.461 e. The third kappa shape index (κ3) is 4.36. The van der Waals surface area contributed by atoms with Gasteiger partial charge in [-0.05, 0) is 26.3 Å². The molecule has 1 amide bonds. The number of amides is 1. The first-order valence-electron chi connectivity index (χ1n) is 8.61. The normalized spacial score (nSPS) is 11.6. The number of ether oxygens (including phenoxy) is 2. The number of hydrogen-bond donors (Lipinski definition) is 1. The van der Waals surface area contributed by atoms with Gasteiger partial charge in [0.15, 0.2) is 0 Å². The average Bonchev–Trinajstić information content (AvgIpc) is 2.94. The second kappa shape index (κ2) is 8.53. The molecule has 0 fully saturated rings. The van der Waals surface area contributed by atoms with Crippen molar-refractivity contribution in [2.24, 2.45) is 0 Å². The van der Waals surface area contributed by atoms with Gasteiger partial charge in [-0.1, -0.05) is 30.3 Å². The zero-order chi connectivity index (χ0) is 20.1.